The van der Waals surface area contributed by atoms with Crippen LogP contribution in [0, 0.1) is 5.82 Å². The first-order valence-corrected chi connectivity index (χ1v) is 10.5. The van der Waals surface area contributed by atoms with Crippen molar-refractivity contribution < 1.29 is 14.0 Å². The Morgan fingerprint density at radius 3 is 2.60 bits per heavy atom. The second-order valence-corrected chi connectivity index (χ2v) is 8.41. The van der Waals surface area contributed by atoms with Crippen molar-refractivity contribution in [2.24, 2.45) is 0 Å². The van der Waals surface area contributed by atoms with E-state index in [0.29, 0.717) is 32.4 Å². The van der Waals surface area contributed by atoms with Gasteiger partial charge in [-0.15, -0.1) is 22.7 Å². The fourth-order valence-electron chi connectivity index (χ4n) is 2.99. The lowest BCUT2D eigenvalue weighted by molar-refractivity contribution is -0.135. The Kier molecular flexibility index (Phi) is 4.37. The third-order valence-corrected chi connectivity index (χ3v) is 6.31. The molecule has 0 spiro atoms. The third kappa shape index (κ3) is 3.15. The van der Waals surface area contributed by atoms with Crippen molar-refractivity contribution in [2.45, 2.75) is 6.92 Å². The maximum atomic E-state index is 13.3. The predicted molar refractivity (Wildman–Crippen MR) is 113 cm³/mol. The number of rotatable bonds is 4. The highest BCUT2D eigenvalue weighted by molar-refractivity contribution is 7.22. The highest BCUT2D eigenvalue weighted by Gasteiger charge is 2.30. The molecule has 0 saturated heterocycles. The van der Waals surface area contributed by atoms with Crippen molar-refractivity contribution >= 4 is 50.5 Å². The van der Waals surface area contributed by atoms with E-state index in [1.807, 2.05) is 11.4 Å². The molecule has 4 heterocycles. The van der Waals surface area contributed by atoms with Crippen LogP contribution in [0.25, 0.3) is 31.5 Å². The highest BCUT2D eigenvalue weighted by Crippen LogP contribution is 2.37. The molecule has 0 unspecified atom stereocenters. The molecule has 0 saturated carbocycles. The molecule has 0 atom stereocenters. The summed E-state index contributed by atoms with van der Waals surface area (Å²) in [5.41, 5.74) is 4.01. The van der Waals surface area contributed by atoms with E-state index >= 15 is 0 Å². The lowest BCUT2D eigenvalue weighted by Gasteiger charge is -2.17. The molecule has 0 radical (unpaired) electrons. The molecule has 0 aliphatic carbocycles. The normalized spacial score (nSPS) is 13.9. The largest absolute Gasteiger partial charge is 0.275 e. The SMILES string of the molecule is CC1=CC(=O)N(Nc2nc(-c3nccs3)nc3sc(-c4ccc(F)cc4)cc23)C1=O. The highest BCUT2D eigenvalue weighted by atomic mass is 32.1. The summed E-state index contributed by atoms with van der Waals surface area (Å²) in [5, 5.41) is 4.00. The number of nitrogens with zero attached hydrogens (tertiary/aromatic N) is 4. The van der Waals surface area contributed by atoms with Gasteiger partial charge in [0.2, 0.25) is 0 Å². The van der Waals surface area contributed by atoms with E-state index in [0.717, 1.165) is 15.4 Å². The van der Waals surface area contributed by atoms with Gasteiger partial charge < -0.3 is 0 Å². The van der Waals surface area contributed by atoms with Crippen molar-refractivity contribution in [2.75, 3.05) is 5.43 Å². The fourth-order valence-corrected chi connectivity index (χ4v) is 4.60. The van der Waals surface area contributed by atoms with Gasteiger partial charge in [0.05, 0.1) is 5.39 Å². The summed E-state index contributed by atoms with van der Waals surface area (Å²) in [6.45, 7) is 1.58. The number of imide groups is 1. The molecular weight excluding hydrogens is 425 g/mol. The molecule has 1 aliphatic heterocycles. The number of amides is 2. The number of thiophene rings is 1. The number of fused-ring (bicyclic) bond motifs is 1. The predicted octanol–water partition coefficient (Wildman–Crippen LogP) is 4.26. The molecule has 10 heteroatoms. The molecule has 4 aromatic rings. The van der Waals surface area contributed by atoms with Gasteiger partial charge in [-0.05, 0) is 30.7 Å². The minimum Gasteiger partial charge on any atom is -0.271 e. The molecular formula is C20H12FN5O2S2. The van der Waals surface area contributed by atoms with Gasteiger partial charge in [-0.25, -0.2) is 19.3 Å². The number of carbonyl (C=O) groups is 2. The van der Waals surface area contributed by atoms with E-state index in [1.54, 1.807) is 25.3 Å². The third-order valence-electron chi connectivity index (χ3n) is 4.46. The minimum absolute atomic E-state index is 0.318. The van der Waals surface area contributed by atoms with Crippen LogP contribution < -0.4 is 5.43 Å². The first-order valence-electron chi connectivity index (χ1n) is 8.80. The molecule has 1 N–H and O–H groups in total. The van der Waals surface area contributed by atoms with Crippen LogP contribution in [0.4, 0.5) is 10.2 Å². The fraction of sp³-hybridized carbons (Fsp3) is 0.0500. The molecule has 148 valence electrons. The maximum absolute atomic E-state index is 13.3. The second kappa shape index (κ2) is 7.08. The average molecular weight is 437 g/mol. The quantitative estimate of drug-likeness (QED) is 0.480. The number of hydrogen-bond acceptors (Lipinski definition) is 8. The molecule has 1 aromatic carbocycles. The van der Waals surface area contributed by atoms with Gasteiger partial charge >= 0.3 is 0 Å². The van der Waals surface area contributed by atoms with Crippen molar-refractivity contribution in [3.63, 3.8) is 0 Å². The number of nitrogens with one attached hydrogen (secondary N) is 1. The van der Waals surface area contributed by atoms with Gasteiger partial charge in [0, 0.05) is 28.1 Å². The van der Waals surface area contributed by atoms with Crippen LogP contribution >= 0.6 is 22.7 Å². The zero-order chi connectivity index (χ0) is 20.8. The molecule has 3 aromatic heterocycles. The topological polar surface area (TPSA) is 88.1 Å². The summed E-state index contributed by atoms with van der Waals surface area (Å²) >= 11 is 2.79. The number of anilines is 1. The van der Waals surface area contributed by atoms with Crippen LogP contribution in [0.1, 0.15) is 6.92 Å². The van der Waals surface area contributed by atoms with Crippen LogP contribution in [0.3, 0.4) is 0 Å². The van der Waals surface area contributed by atoms with Gasteiger partial charge in [-0.1, -0.05) is 12.1 Å². The van der Waals surface area contributed by atoms with E-state index < -0.39 is 11.8 Å². The van der Waals surface area contributed by atoms with Gasteiger partial charge in [-0.3, -0.25) is 15.0 Å². The van der Waals surface area contributed by atoms with Crippen LogP contribution in [0.5, 0.6) is 0 Å². The number of benzene rings is 1. The summed E-state index contributed by atoms with van der Waals surface area (Å²) < 4.78 is 13.3. The summed E-state index contributed by atoms with van der Waals surface area (Å²) in [4.78, 5) is 39.4. The van der Waals surface area contributed by atoms with Crippen LogP contribution in [0.2, 0.25) is 0 Å². The first kappa shape index (κ1) is 18.5. The number of aromatic nitrogens is 3. The van der Waals surface area contributed by atoms with E-state index in [4.69, 9.17) is 0 Å². The minimum atomic E-state index is -0.464. The number of halogens is 1. The molecule has 1 aliphatic rings. The van der Waals surface area contributed by atoms with E-state index in [2.05, 4.69) is 20.4 Å². The van der Waals surface area contributed by atoms with Crippen molar-refractivity contribution in [1.29, 1.82) is 0 Å². The van der Waals surface area contributed by atoms with Gasteiger partial charge in [0.15, 0.2) is 16.6 Å². The lowest BCUT2D eigenvalue weighted by Crippen LogP contribution is -2.36. The van der Waals surface area contributed by atoms with Crippen LogP contribution in [0.15, 0.2) is 53.6 Å². The van der Waals surface area contributed by atoms with Gasteiger partial charge in [-0.2, -0.15) is 5.01 Å². The van der Waals surface area contributed by atoms with Crippen molar-refractivity contribution in [3.05, 3.63) is 59.4 Å². The Morgan fingerprint density at radius 1 is 1.13 bits per heavy atom. The van der Waals surface area contributed by atoms with Crippen molar-refractivity contribution in [3.8, 4) is 21.3 Å². The van der Waals surface area contributed by atoms with Crippen molar-refractivity contribution in [1.82, 2.24) is 20.0 Å². The second-order valence-electron chi connectivity index (χ2n) is 6.49. The Balaban J connectivity index is 1.64. The number of hydrazine groups is 1. The van der Waals surface area contributed by atoms with E-state index in [1.165, 1.54) is 40.9 Å². The van der Waals surface area contributed by atoms with E-state index in [-0.39, 0.29) is 5.82 Å². The number of hydrogen-bond donors (Lipinski definition) is 1. The molecule has 7 nitrogen and oxygen atoms in total. The first-order chi connectivity index (χ1) is 14.5. The Hall–Kier alpha value is -3.50. The average Bonchev–Trinajstić information content (AvgIpc) is 3.45. The molecule has 30 heavy (non-hydrogen) atoms. The Labute approximate surface area is 177 Å². The molecule has 0 bridgehead atoms. The monoisotopic (exact) mass is 437 g/mol. The summed E-state index contributed by atoms with van der Waals surface area (Å²) in [6.07, 6.45) is 2.92. The van der Waals surface area contributed by atoms with Gasteiger partial charge in [0.25, 0.3) is 11.8 Å². The maximum Gasteiger partial charge on any atom is 0.275 e. The standard InChI is InChI=1S/C20H12FN5O2S2/c1-10-8-15(27)26(20(10)28)25-16-13-9-14(11-2-4-12(21)5-3-11)30-18(13)24-17(23-16)19-22-6-7-29-19/h2-9H,1H3,(H,23,24,25). The molecule has 5 rings (SSSR count). The van der Waals surface area contributed by atoms with Crippen LogP contribution in [-0.2, 0) is 9.59 Å². The van der Waals surface area contributed by atoms with Crippen LogP contribution in [-0.4, -0.2) is 31.8 Å². The Morgan fingerprint density at radius 2 is 1.93 bits per heavy atom. The molecule has 2 amide bonds. The molecule has 0 fully saturated rings. The zero-order valence-corrected chi connectivity index (χ0v) is 17.1. The summed E-state index contributed by atoms with van der Waals surface area (Å²) in [7, 11) is 0. The summed E-state index contributed by atoms with van der Waals surface area (Å²) in [6, 6.07) is 8.00. The van der Waals surface area contributed by atoms with E-state index in [9.17, 15) is 14.0 Å². The summed E-state index contributed by atoms with van der Waals surface area (Å²) in [5.74, 6) is -0.511. The number of carbonyl (C=O) groups excluding carboxylic acids is 2. The smallest absolute Gasteiger partial charge is 0.271 e. The number of thiazole rings is 1. The Bertz CT molecular complexity index is 1330. The van der Waals surface area contributed by atoms with Gasteiger partial charge in [0.1, 0.15) is 10.6 Å². The lowest BCUT2D eigenvalue weighted by atomic mass is 10.2. The zero-order valence-electron chi connectivity index (χ0n) is 15.4.